The third-order valence-corrected chi connectivity index (χ3v) is 6.84. The maximum atomic E-state index is 13.3. The van der Waals surface area contributed by atoms with Crippen LogP contribution in [0.2, 0.25) is 5.02 Å². The number of hydrogen-bond acceptors (Lipinski definition) is 5. The van der Waals surface area contributed by atoms with Gasteiger partial charge in [0.15, 0.2) is 0 Å². The first-order valence-corrected chi connectivity index (χ1v) is 11.7. The van der Waals surface area contributed by atoms with Gasteiger partial charge >= 0.3 is 0 Å². The van der Waals surface area contributed by atoms with Crippen LogP contribution in [0.5, 0.6) is 0 Å². The molecule has 0 spiro atoms. The Morgan fingerprint density at radius 1 is 0.935 bits per heavy atom. The van der Waals surface area contributed by atoms with Gasteiger partial charge in [-0.1, -0.05) is 71.8 Å². The third-order valence-electron chi connectivity index (χ3n) is 4.83. The number of sulfone groups is 1. The van der Waals surface area contributed by atoms with E-state index in [-0.39, 0.29) is 21.7 Å². The minimum absolute atomic E-state index is 0.103. The molecule has 0 aliphatic heterocycles. The number of aromatic nitrogens is 1. The third kappa shape index (κ3) is 4.65. The van der Waals surface area contributed by atoms with Gasteiger partial charge in [0.05, 0.1) is 15.5 Å². The summed E-state index contributed by atoms with van der Waals surface area (Å²) in [4.78, 5) is 4.47. The van der Waals surface area contributed by atoms with E-state index in [1.54, 1.807) is 42.5 Å². The van der Waals surface area contributed by atoms with Crippen molar-refractivity contribution < 1.29 is 12.8 Å². The highest BCUT2D eigenvalue weighted by atomic mass is 35.5. The molecule has 4 aromatic rings. The van der Waals surface area contributed by atoms with Crippen molar-refractivity contribution in [2.75, 3.05) is 11.9 Å². The van der Waals surface area contributed by atoms with Gasteiger partial charge in [0.1, 0.15) is 0 Å². The molecule has 0 saturated carbocycles. The Balaban J connectivity index is 1.68. The fourth-order valence-electron chi connectivity index (χ4n) is 3.14. The standard InChI is InChI=1S/C24H21ClN2O3S/c1-17-11-13-18(14-12-17)15-16-26-23-24(31(28,29)19-7-3-2-4-8-19)27-22(30-23)20-9-5-6-10-21(20)25/h2-14,26H,15-16H2,1H3. The molecular weight excluding hydrogens is 432 g/mol. The molecule has 0 aliphatic rings. The van der Waals surface area contributed by atoms with Crippen LogP contribution in [0, 0.1) is 6.92 Å². The topological polar surface area (TPSA) is 72.2 Å². The summed E-state index contributed by atoms with van der Waals surface area (Å²) in [5, 5.41) is 3.38. The molecule has 0 saturated heterocycles. The molecule has 0 unspecified atom stereocenters. The first-order valence-electron chi connectivity index (χ1n) is 9.80. The van der Waals surface area contributed by atoms with E-state index in [9.17, 15) is 8.42 Å². The smallest absolute Gasteiger partial charge is 0.233 e. The number of rotatable bonds is 7. The molecule has 1 heterocycles. The number of nitrogens with one attached hydrogen (secondary N) is 1. The highest BCUT2D eigenvalue weighted by Gasteiger charge is 2.28. The molecule has 5 nitrogen and oxygen atoms in total. The van der Waals surface area contributed by atoms with Crippen molar-refractivity contribution in [2.45, 2.75) is 23.3 Å². The molecule has 0 fully saturated rings. The van der Waals surface area contributed by atoms with Gasteiger partial charge in [-0.3, -0.25) is 0 Å². The van der Waals surface area contributed by atoms with Gasteiger partial charge in [0, 0.05) is 6.54 Å². The Hall–Kier alpha value is -3.09. The van der Waals surface area contributed by atoms with Gasteiger partial charge in [0.25, 0.3) is 0 Å². The van der Waals surface area contributed by atoms with Crippen molar-refractivity contribution in [3.05, 3.63) is 95.0 Å². The van der Waals surface area contributed by atoms with Crippen LogP contribution in [-0.4, -0.2) is 19.9 Å². The lowest BCUT2D eigenvalue weighted by Crippen LogP contribution is -2.09. The normalized spacial score (nSPS) is 11.4. The zero-order valence-electron chi connectivity index (χ0n) is 16.9. The van der Waals surface area contributed by atoms with Crippen LogP contribution in [0.3, 0.4) is 0 Å². The molecule has 0 atom stereocenters. The number of oxazole rings is 1. The number of anilines is 1. The van der Waals surface area contributed by atoms with Gasteiger partial charge in [-0.25, -0.2) is 8.42 Å². The maximum absolute atomic E-state index is 13.3. The maximum Gasteiger partial charge on any atom is 0.233 e. The zero-order valence-corrected chi connectivity index (χ0v) is 18.5. The SMILES string of the molecule is Cc1ccc(CCNc2oc(-c3ccccc3Cl)nc2S(=O)(=O)c2ccccc2)cc1. The molecule has 1 N–H and O–H groups in total. The van der Waals surface area contributed by atoms with E-state index < -0.39 is 9.84 Å². The van der Waals surface area contributed by atoms with Crippen molar-refractivity contribution in [1.82, 2.24) is 4.98 Å². The first kappa shape index (κ1) is 21.2. The average molecular weight is 453 g/mol. The summed E-state index contributed by atoms with van der Waals surface area (Å²) in [6.07, 6.45) is 0.702. The quantitative estimate of drug-likeness (QED) is 0.384. The van der Waals surface area contributed by atoms with Gasteiger partial charge < -0.3 is 9.73 Å². The van der Waals surface area contributed by atoms with Crippen LogP contribution in [0.4, 0.5) is 5.88 Å². The van der Waals surface area contributed by atoms with Crippen LogP contribution < -0.4 is 5.32 Å². The lowest BCUT2D eigenvalue weighted by atomic mass is 10.1. The summed E-state index contributed by atoms with van der Waals surface area (Å²) in [7, 11) is -3.88. The summed E-state index contributed by atoms with van der Waals surface area (Å²) in [5.41, 5.74) is 2.85. The van der Waals surface area contributed by atoms with Gasteiger partial charge in [-0.2, -0.15) is 4.98 Å². The number of hydrogen-bond donors (Lipinski definition) is 1. The van der Waals surface area contributed by atoms with Crippen molar-refractivity contribution in [2.24, 2.45) is 0 Å². The Labute approximate surface area is 186 Å². The molecule has 0 bridgehead atoms. The molecule has 3 aromatic carbocycles. The molecule has 31 heavy (non-hydrogen) atoms. The Kier molecular flexibility index (Phi) is 6.11. The minimum Gasteiger partial charge on any atom is -0.419 e. The summed E-state index contributed by atoms with van der Waals surface area (Å²) in [6.45, 7) is 2.52. The number of aryl methyl sites for hydroxylation is 1. The van der Waals surface area contributed by atoms with Gasteiger partial charge in [-0.05, 0) is 43.2 Å². The summed E-state index contributed by atoms with van der Waals surface area (Å²) in [5.74, 6) is 0.254. The summed E-state index contributed by atoms with van der Waals surface area (Å²) >= 11 is 6.28. The lowest BCUT2D eigenvalue weighted by Gasteiger charge is -2.06. The van der Waals surface area contributed by atoms with Crippen LogP contribution in [-0.2, 0) is 16.3 Å². The van der Waals surface area contributed by atoms with Crippen LogP contribution in [0.15, 0.2) is 93.2 Å². The molecule has 158 valence electrons. The first-order chi connectivity index (χ1) is 14.9. The molecule has 0 aliphatic carbocycles. The van der Waals surface area contributed by atoms with E-state index >= 15 is 0 Å². The largest absolute Gasteiger partial charge is 0.419 e. The van der Waals surface area contributed by atoms with E-state index in [0.717, 1.165) is 5.56 Å². The fraction of sp³-hybridized carbons (Fsp3) is 0.125. The summed E-state index contributed by atoms with van der Waals surface area (Å²) in [6, 6.07) is 23.4. The predicted molar refractivity (Wildman–Crippen MR) is 122 cm³/mol. The predicted octanol–water partition coefficient (Wildman–Crippen LogP) is 5.79. The molecule has 4 rings (SSSR count). The molecule has 7 heteroatoms. The van der Waals surface area contributed by atoms with E-state index in [0.29, 0.717) is 23.6 Å². The van der Waals surface area contributed by atoms with Crippen molar-refractivity contribution in [3.63, 3.8) is 0 Å². The fourth-order valence-corrected chi connectivity index (χ4v) is 4.65. The number of halogens is 1. The number of benzene rings is 3. The monoisotopic (exact) mass is 452 g/mol. The van der Waals surface area contributed by atoms with Crippen LogP contribution in [0.1, 0.15) is 11.1 Å². The van der Waals surface area contributed by atoms with E-state index in [4.69, 9.17) is 16.0 Å². The Morgan fingerprint density at radius 2 is 1.61 bits per heavy atom. The number of nitrogens with zero attached hydrogens (tertiary/aromatic N) is 1. The molecular formula is C24H21ClN2O3S. The van der Waals surface area contributed by atoms with Gasteiger partial charge in [-0.15, -0.1) is 0 Å². The second-order valence-corrected chi connectivity index (χ2v) is 9.38. The highest BCUT2D eigenvalue weighted by Crippen LogP contribution is 2.34. The van der Waals surface area contributed by atoms with E-state index in [2.05, 4.69) is 10.3 Å². The van der Waals surface area contributed by atoms with E-state index in [1.165, 1.54) is 17.7 Å². The van der Waals surface area contributed by atoms with E-state index in [1.807, 2.05) is 31.2 Å². The summed E-state index contributed by atoms with van der Waals surface area (Å²) < 4.78 is 32.4. The molecule has 1 aromatic heterocycles. The molecule has 0 radical (unpaired) electrons. The Bertz CT molecular complexity index is 1280. The van der Waals surface area contributed by atoms with Crippen molar-refractivity contribution >= 4 is 27.3 Å². The molecule has 0 amide bonds. The van der Waals surface area contributed by atoms with Crippen molar-refractivity contribution in [3.8, 4) is 11.5 Å². The Morgan fingerprint density at radius 3 is 2.32 bits per heavy atom. The second kappa shape index (κ2) is 8.96. The van der Waals surface area contributed by atoms with Crippen LogP contribution >= 0.6 is 11.6 Å². The minimum atomic E-state index is -3.88. The van der Waals surface area contributed by atoms with Crippen molar-refractivity contribution in [1.29, 1.82) is 0 Å². The van der Waals surface area contributed by atoms with Gasteiger partial charge in [0.2, 0.25) is 26.6 Å². The lowest BCUT2D eigenvalue weighted by molar-refractivity contribution is 0.577. The average Bonchev–Trinajstić information content (AvgIpc) is 3.21. The second-order valence-electron chi connectivity index (χ2n) is 7.11. The van der Waals surface area contributed by atoms with Crippen LogP contribution in [0.25, 0.3) is 11.5 Å². The highest BCUT2D eigenvalue weighted by molar-refractivity contribution is 7.91. The zero-order chi connectivity index (χ0) is 21.8.